The van der Waals surface area contributed by atoms with Crippen LogP contribution in [0.1, 0.15) is 18.7 Å². The van der Waals surface area contributed by atoms with Crippen molar-refractivity contribution in [2.24, 2.45) is 0 Å². The zero-order valence-corrected chi connectivity index (χ0v) is 20.5. The van der Waals surface area contributed by atoms with Crippen LogP contribution in [0.4, 0.5) is 0 Å². The highest BCUT2D eigenvalue weighted by molar-refractivity contribution is 9.10. The van der Waals surface area contributed by atoms with Crippen LogP contribution < -0.4 is 20.9 Å². The van der Waals surface area contributed by atoms with Crippen molar-refractivity contribution < 1.29 is 27.9 Å². The van der Waals surface area contributed by atoms with E-state index in [1.54, 1.807) is 43.3 Å². The summed E-state index contributed by atoms with van der Waals surface area (Å²) in [5.74, 6) is -0.416. The number of halogens is 1. The first-order chi connectivity index (χ1) is 15.6. The normalized spacial score (nSPS) is 20.2. The first kappa shape index (κ1) is 25.1. The number of ether oxygens (including phenoxy) is 2. The molecule has 0 aliphatic carbocycles. The number of aromatic nitrogens is 2. The smallest absolute Gasteiger partial charge is 0.459 e. The van der Waals surface area contributed by atoms with Crippen molar-refractivity contribution in [2.75, 3.05) is 13.7 Å². The SMILES string of the molecule is COC(=O)C(C)NP(=O)(OC[C@@H]1C=C[C@H](n2cc(C)c(=O)[nH]c2=O)O1)Oc1ccccc1Br. The largest absolute Gasteiger partial charge is 0.468 e. The summed E-state index contributed by atoms with van der Waals surface area (Å²) >= 11 is 3.31. The van der Waals surface area contributed by atoms with Gasteiger partial charge < -0.3 is 14.0 Å². The Kier molecular flexibility index (Phi) is 8.09. The van der Waals surface area contributed by atoms with Crippen LogP contribution in [-0.4, -0.2) is 41.4 Å². The minimum Gasteiger partial charge on any atom is -0.468 e. The van der Waals surface area contributed by atoms with Gasteiger partial charge in [-0.3, -0.25) is 23.7 Å². The highest BCUT2D eigenvalue weighted by atomic mass is 79.9. The number of carbonyl (C=O) groups excluding carboxylic acids is 1. The molecule has 0 bridgehead atoms. The summed E-state index contributed by atoms with van der Waals surface area (Å²) in [6, 6.07) is 5.73. The number of methoxy groups -OCH3 is 1. The van der Waals surface area contributed by atoms with Gasteiger partial charge in [-0.2, -0.15) is 5.09 Å². The molecule has 0 spiro atoms. The molecule has 2 N–H and O–H groups in total. The van der Waals surface area contributed by atoms with Gasteiger partial charge in [-0.15, -0.1) is 0 Å². The Balaban J connectivity index is 1.72. The number of hydrogen-bond acceptors (Lipinski definition) is 8. The second kappa shape index (κ2) is 10.6. The molecule has 2 aromatic rings. The molecule has 3 rings (SSSR count). The van der Waals surface area contributed by atoms with Gasteiger partial charge in [0.1, 0.15) is 17.9 Å². The zero-order valence-electron chi connectivity index (χ0n) is 18.0. The van der Waals surface area contributed by atoms with Crippen molar-refractivity contribution in [1.29, 1.82) is 0 Å². The first-order valence-corrected chi connectivity index (χ1v) is 12.2. The van der Waals surface area contributed by atoms with Crippen molar-refractivity contribution in [3.8, 4) is 5.75 Å². The molecule has 0 amide bonds. The van der Waals surface area contributed by atoms with Gasteiger partial charge in [0, 0.05) is 11.8 Å². The second-order valence-corrected chi connectivity index (χ2v) is 9.67. The standard InChI is InChI=1S/C20H23BrN3O8P/c1-12-10-24(20(27)22-18(12)25)17-9-8-14(31-17)11-30-33(28,23-13(2)19(26)29-3)32-16-7-5-4-6-15(16)21/h4-10,13-14,17H,11H2,1-3H3,(H,23,28)(H,22,25,27)/t13?,14-,17+,33?/m0/s1. The molecule has 4 atom stereocenters. The lowest BCUT2D eigenvalue weighted by Gasteiger charge is -2.24. The molecule has 0 saturated carbocycles. The number of nitrogens with zero attached hydrogens (tertiary/aromatic N) is 1. The van der Waals surface area contributed by atoms with E-state index in [-0.39, 0.29) is 12.4 Å². The number of benzene rings is 1. The quantitative estimate of drug-likeness (QED) is 0.277. The lowest BCUT2D eigenvalue weighted by Crippen LogP contribution is -2.35. The summed E-state index contributed by atoms with van der Waals surface area (Å²) in [5, 5.41) is 2.55. The fourth-order valence-corrected chi connectivity index (χ4v) is 4.91. The molecule has 1 aromatic heterocycles. The number of nitrogens with one attached hydrogen (secondary N) is 2. The predicted octanol–water partition coefficient (Wildman–Crippen LogP) is 2.42. The van der Waals surface area contributed by atoms with Gasteiger partial charge in [-0.25, -0.2) is 9.36 Å². The molecule has 0 fully saturated rings. The Bertz CT molecular complexity index is 1210. The third kappa shape index (κ3) is 6.30. The summed E-state index contributed by atoms with van der Waals surface area (Å²) in [7, 11) is -2.86. The van der Waals surface area contributed by atoms with E-state index in [0.717, 1.165) is 0 Å². The van der Waals surface area contributed by atoms with Crippen LogP contribution in [0.3, 0.4) is 0 Å². The average molecular weight is 544 g/mol. The molecule has 11 nitrogen and oxygen atoms in total. The Morgan fingerprint density at radius 1 is 1.33 bits per heavy atom. The van der Waals surface area contributed by atoms with Gasteiger partial charge in [0.2, 0.25) is 0 Å². The summed E-state index contributed by atoms with van der Waals surface area (Å²) in [6.07, 6.45) is 3.16. The van der Waals surface area contributed by atoms with Gasteiger partial charge in [-0.05, 0) is 48.0 Å². The molecule has 2 heterocycles. The van der Waals surface area contributed by atoms with Crippen molar-refractivity contribution >= 4 is 29.6 Å². The van der Waals surface area contributed by atoms with Crippen molar-refractivity contribution in [3.05, 3.63) is 73.5 Å². The minimum absolute atomic E-state index is 0.216. The van der Waals surface area contributed by atoms with Crippen molar-refractivity contribution in [1.82, 2.24) is 14.6 Å². The molecule has 0 radical (unpaired) electrons. The first-order valence-electron chi connectivity index (χ1n) is 9.82. The maximum Gasteiger partial charge on any atom is 0.459 e. The lowest BCUT2D eigenvalue weighted by molar-refractivity contribution is -0.142. The number of aryl methyl sites for hydroxylation is 1. The number of para-hydroxylation sites is 1. The molecule has 1 aromatic carbocycles. The van der Waals surface area contributed by atoms with Crippen molar-refractivity contribution in [2.45, 2.75) is 32.2 Å². The Hall–Kier alpha value is -2.50. The van der Waals surface area contributed by atoms with Gasteiger partial charge in [0.25, 0.3) is 5.56 Å². The molecule has 33 heavy (non-hydrogen) atoms. The fourth-order valence-electron chi connectivity index (χ4n) is 2.89. The highest BCUT2D eigenvalue weighted by Gasteiger charge is 2.34. The van der Waals surface area contributed by atoms with Crippen LogP contribution in [0.15, 0.2) is 56.7 Å². The van der Waals surface area contributed by atoms with Gasteiger partial charge >= 0.3 is 19.4 Å². The monoisotopic (exact) mass is 543 g/mol. The molecule has 1 aliphatic rings. The van der Waals surface area contributed by atoms with E-state index in [0.29, 0.717) is 10.0 Å². The van der Waals surface area contributed by atoms with Crippen LogP contribution in [0.5, 0.6) is 5.75 Å². The van der Waals surface area contributed by atoms with E-state index in [1.807, 2.05) is 0 Å². The number of rotatable bonds is 9. The minimum atomic E-state index is -4.07. The number of H-pyrrole nitrogens is 1. The molecule has 13 heteroatoms. The Labute approximate surface area is 197 Å². The van der Waals surface area contributed by atoms with Crippen LogP contribution in [-0.2, 0) is 23.4 Å². The summed E-state index contributed by atoms with van der Waals surface area (Å²) < 4.78 is 36.8. The van der Waals surface area contributed by atoms with Crippen LogP contribution in [0, 0.1) is 6.92 Å². The molecule has 0 saturated heterocycles. The third-order valence-electron chi connectivity index (χ3n) is 4.60. The number of carbonyl (C=O) groups is 1. The van der Waals surface area contributed by atoms with E-state index in [1.165, 1.54) is 24.8 Å². The molecular weight excluding hydrogens is 521 g/mol. The van der Waals surface area contributed by atoms with Gasteiger partial charge in [0.05, 0.1) is 18.2 Å². The maximum absolute atomic E-state index is 13.5. The van der Waals surface area contributed by atoms with Gasteiger partial charge in [-0.1, -0.05) is 18.2 Å². The average Bonchev–Trinajstić information content (AvgIpc) is 3.25. The topological polar surface area (TPSA) is 138 Å². The van der Waals surface area contributed by atoms with Crippen molar-refractivity contribution in [3.63, 3.8) is 0 Å². The summed E-state index contributed by atoms with van der Waals surface area (Å²) in [6.45, 7) is 2.81. The third-order valence-corrected chi connectivity index (χ3v) is 6.88. The molecule has 1 aliphatic heterocycles. The number of esters is 1. The highest BCUT2D eigenvalue weighted by Crippen LogP contribution is 2.47. The van der Waals surface area contributed by atoms with Crippen LogP contribution in [0.25, 0.3) is 0 Å². The Morgan fingerprint density at radius 3 is 2.76 bits per heavy atom. The summed E-state index contributed by atoms with van der Waals surface area (Å²) in [4.78, 5) is 37.7. The lowest BCUT2D eigenvalue weighted by atomic mass is 10.3. The molecular formula is C20H23BrN3O8P. The van der Waals surface area contributed by atoms with E-state index in [4.69, 9.17) is 13.8 Å². The van der Waals surface area contributed by atoms with E-state index < -0.39 is 43.3 Å². The van der Waals surface area contributed by atoms with Gasteiger partial charge in [0.15, 0.2) is 6.23 Å². The number of hydrogen-bond donors (Lipinski definition) is 2. The van der Waals surface area contributed by atoms with E-state index in [2.05, 4.69) is 30.7 Å². The Morgan fingerprint density at radius 2 is 2.06 bits per heavy atom. The van der Waals surface area contributed by atoms with Crippen LogP contribution in [0.2, 0.25) is 0 Å². The second-order valence-electron chi connectivity index (χ2n) is 7.12. The fraction of sp³-hybridized carbons (Fsp3) is 0.350. The number of aromatic amines is 1. The van der Waals surface area contributed by atoms with E-state index >= 15 is 0 Å². The predicted molar refractivity (Wildman–Crippen MR) is 122 cm³/mol. The van der Waals surface area contributed by atoms with E-state index in [9.17, 15) is 18.9 Å². The zero-order chi connectivity index (χ0) is 24.2. The molecule has 2 unspecified atom stereocenters. The summed E-state index contributed by atoms with van der Waals surface area (Å²) in [5.41, 5.74) is -0.758. The maximum atomic E-state index is 13.5. The van der Waals surface area contributed by atoms with Crippen LogP contribution >= 0.6 is 23.7 Å². The molecule has 178 valence electrons.